The summed E-state index contributed by atoms with van der Waals surface area (Å²) in [6.45, 7) is 18.4. The number of hydrogen-bond donors (Lipinski definition) is 0. The first-order valence-electron chi connectivity index (χ1n) is 6.77. The second-order valence-corrected chi connectivity index (χ2v) is 5.86. The highest BCUT2D eigenvalue weighted by atomic mass is 15.1. The molecule has 102 valence electrons. The third-order valence-electron chi connectivity index (χ3n) is 4.27. The Hall–Kier alpha value is -0.825. The minimum Gasteiger partial charge on any atom is -0.343 e. The minimum atomic E-state index is -0.0744. The Morgan fingerprint density at radius 2 is 1.89 bits per heavy atom. The van der Waals surface area contributed by atoms with Gasteiger partial charge in [0.15, 0.2) is 7.98 Å². The molecule has 0 heterocycles. The van der Waals surface area contributed by atoms with Gasteiger partial charge in [0.1, 0.15) is 0 Å². The van der Waals surface area contributed by atoms with E-state index in [2.05, 4.69) is 59.0 Å². The zero-order valence-electron chi connectivity index (χ0n) is 13.2. The van der Waals surface area contributed by atoms with Gasteiger partial charge in [-0.3, -0.25) is 4.99 Å². The van der Waals surface area contributed by atoms with E-state index in [0.29, 0.717) is 0 Å². The molecule has 0 radical (unpaired) electrons. The van der Waals surface area contributed by atoms with Crippen LogP contribution in [0.1, 0.15) is 48.0 Å². The molecule has 0 aliphatic rings. The van der Waals surface area contributed by atoms with E-state index in [1.165, 1.54) is 0 Å². The molecule has 3 heteroatoms. The molecule has 2 nitrogen and oxygen atoms in total. The summed E-state index contributed by atoms with van der Waals surface area (Å²) in [6.07, 6.45) is 6.88. The first-order chi connectivity index (χ1) is 8.21. The summed E-state index contributed by atoms with van der Waals surface area (Å²) in [6, 6.07) is 0. The second-order valence-electron chi connectivity index (χ2n) is 5.86. The van der Waals surface area contributed by atoms with Crippen molar-refractivity contribution < 1.29 is 0 Å². The molecule has 18 heavy (non-hydrogen) atoms. The third-order valence-corrected chi connectivity index (χ3v) is 4.27. The Morgan fingerprint density at radius 1 is 1.33 bits per heavy atom. The summed E-state index contributed by atoms with van der Waals surface area (Å²) >= 11 is 0. The molecule has 0 N–H and O–H groups in total. The summed E-state index contributed by atoms with van der Waals surface area (Å²) in [7, 11) is 2.17. The molecule has 0 bridgehead atoms. The summed E-state index contributed by atoms with van der Waals surface area (Å²) in [5, 5.41) is 0. The first kappa shape index (κ1) is 17.2. The Kier molecular flexibility index (Phi) is 6.62. The van der Waals surface area contributed by atoms with E-state index in [-0.39, 0.29) is 11.0 Å². The van der Waals surface area contributed by atoms with Crippen LogP contribution in [0.3, 0.4) is 0 Å². The fraction of sp³-hybridized carbons (Fsp3) is 0.667. The van der Waals surface area contributed by atoms with Crippen molar-refractivity contribution in [1.29, 1.82) is 0 Å². The quantitative estimate of drug-likeness (QED) is 0.499. The minimum absolute atomic E-state index is 0.0212. The van der Waals surface area contributed by atoms with Gasteiger partial charge >= 0.3 is 0 Å². The molecule has 0 rings (SSSR count). The molecule has 0 atom stereocenters. The highest BCUT2D eigenvalue weighted by molar-refractivity contribution is 6.05. The van der Waals surface area contributed by atoms with Gasteiger partial charge in [0.05, 0.1) is 0 Å². The summed E-state index contributed by atoms with van der Waals surface area (Å²) in [5.41, 5.74) is 0.871. The SMILES string of the molecule is BN(CCC)C(C)(C)C(C)(C)C(=C)/N=C\C=C/C. The predicted octanol–water partition coefficient (Wildman–Crippen LogP) is 3.21. The van der Waals surface area contributed by atoms with Gasteiger partial charge in [-0.15, -0.1) is 0 Å². The molecule has 0 saturated heterocycles. The molecule has 0 amide bonds. The Bertz CT molecular complexity index is 327. The van der Waals surface area contributed by atoms with E-state index in [0.717, 1.165) is 18.7 Å². The maximum atomic E-state index is 4.46. The van der Waals surface area contributed by atoms with Crippen LogP contribution < -0.4 is 0 Å². The number of nitrogens with zero attached hydrogens (tertiary/aromatic N) is 2. The average molecular weight is 248 g/mol. The largest absolute Gasteiger partial charge is 0.343 e. The number of hydrogen-bond acceptors (Lipinski definition) is 2. The molecule has 0 saturated carbocycles. The van der Waals surface area contributed by atoms with Crippen molar-refractivity contribution >= 4 is 14.2 Å². The zero-order valence-corrected chi connectivity index (χ0v) is 13.2. The molecule has 0 unspecified atom stereocenters. The van der Waals surface area contributed by atoms with Crippen LogP contribution >= 0.6 is 0 Å². The van der Waals surface area contributed by atoms with Crippen molar-refractivity contribution in [2.24, 2.45) is 10.4 Å². The van der Waals surface area contributed by atoms with Gasteiger partial charge in [0.25, 0.3) is 0 Å². The topological polar surface area (TPSA) is 15.6 Å². The molecule has 0 spiro atoms. The highest BCUT2D eigenvalue weighted by Gasteiger charge is 2.41. The van der Waals surface area contributed by atoms with Crippen molar-refractivity contribution in [3.8, 4) is 0 Å². The molecule has 0 aliphatic carbocycles. The summed E-state index contributed by atoms with van der Waals surface area (Å²) in [5.74, 6) is 0. The van der Waals surface area contributed by atoms with Gasteiger partial charge in [0.2, 0.25) is 0 Å². The predicted molar refractivity (Wildman–Crippen MR) is 85.8 cm³/mol. The Morgan fingerprint density at radius 3 is 2.33 bits per heavy atom. The lowest BCUT2D eigenvalue weighted by Gasteiger charge is -2.48. The summed E-state index contributed by atoms with van der Waals surface area (Å²) in [4.78, 5) is 6.85. The third kappa shape index (κ3) is 3.84. The van der Waals surface area contributed by atoms with Crippen molar-refractivity contribution in [3.63, 3.8) is 0 Å². The van der Waals surface area contributed by atoms with E-state index in [9.17, 15) is 0 Å². The van der Waals surface area contributed by atoms with Crippen LogP contribution in [0.2, 0.25) is 0 Å². The van der Waals surface area contributed by atoms with Crippen molar-refractivity contribution in [3.05, 3.63) is 24.4 Å². The number of rotatable bonds is 7. The molecule has 0 aromatic rings. The van der Waals surface area contributed by atoms with Gasteiger partial charge in [-0.25, -0.2) is 0 Å². The lowest BCUT2D eigenvalue weighted by atomic mass is 9.70. The van der Waals surface area contributed by atoms with E-state index >= 15 is 0 Å². The number of aliphatic imine (C=N–C) groups is 1. The Balaban J connectivity index is 5.04. The van der Waals surface area contributed by atoms with Crippen LogP contribution in [0, 0.1) is 5.41 Å². The van der Waals surface area contributed by atoms with E-state index in [4.69, 9.17) is 0 Å². The van der Waals surface area contributed by atoms with Crippen LogP contribution in [0.5, 0.6) is 0 Å². The van der Waals surface area contributed by atoms with Crippen molar-refractivity contribution in [2.45, 2.75) is 53.5 Å². The Labute approximate surface area is 114 Å². The monoisotopic (exact) mass is 248 g/mol. The fourth-order valence-electron chi connectivity index (χ4n) is 1.83. The van der Waals surface area contributed by atoms with Crippen LogP contribution in [-0.4, -0.2) is 31.1 Å². The lowest BCUT2D eigenvalue weighted by Crippen LogP contribution is -2.53. The highest BCUT2D eigenvalue weighted by Crippen LogP contribution is 2.40. The molecule has 0 aliphatic heterocycles. The molecular weight excluding hydrogens is 219 g/mol. The van der Waals surface area contributed by atoms with E-state index < -0.39 is 0 Å². The van der Waals surface area contributed by atoms with E-state index in [1.54, 1.807) is 0 Å². The average Bonchev–Trinajstić information content (AvgIpc) is 2.29. The maximum Gasteiger partial charge on any atom is 0.186 e. The smallest absolute Gasteiger partial charge is 0.186 e. The van der Waals surface area contributed by atoms with E-state index in [1.807, 2.05) is 25.3 Å². The second kappa shape index (κ2) is 6.94. The van der Waals surface area contributed by atoms with Gasteiger partial charge < -0.3 is 4.81 Å². The molecule has 0 fully saturated rings. The standard InChI is InChI=1S/C15H29BN2/c1-8-10-11-17-13(3)14(4,5)15(6,7)18(16)12-9-2/h8,10-11H,3,9,12,16H2,1-2,4-7H3/b10-8-,17-11-. The van der Waals surface area contributed by atoms with Gasteiger partial charge in [-0.1, -0.05) is 33.4 Å². The van der Waals surface area contributed by atoms with Crippen LogP contribution in [-0.2, 0) is 0 Å². The molecule has 0 aromatic heterocycles. The molecular formula is C15H29BN2. The normalized spacial score (nSPS) is 13.9. The lowest BCUT2D eigenvalue weighted by molar-refractivity contribution is 0.105. The van der Waals surface area contributed by atoms with Crippen LogP contribution in [0.25, 0.3) is 0 Å². The van der Waals surface area contributed by atoms with Crippen molar-refractivity contribution in [2.75, 3.05) is 6.54 Å². The van der Waals surface area contributed by atoms with Gasteiger partial charge in [-0.05, 0) is 39.8 Å². The summed E-state index contributed by atoms with van der Waals surface area (Å²) < 4.78 is 0. The fourth-order valence-corrected chi connectivity index (χ4v) is 1.83. The van der Waals surface area contributed by atoms with Crippen LogP contribution in [0.4, 0.5) is 0 Å². The van der Waals surface area contributed by atoms with Crippen molar-refractivity contribution in [1.82, 2.24) is 4.81 Å². The van der Waals surface area contributed by atoms with Gasteiger partial charge in [0, 0.05) is 22.9 Å². The maximum absolute atomic E-state index is 4.46. The first-order valence-corrected chi connectivity index (χ1v) is 6.77. The van der Waals surface area contributed by atoms with Crippen LogP contribution in [0.15, 0.2) is 29.4 Å². The molecule has 0 aromatic carbocycles. The van der Waals surface area contributed by atoms with Gasteiger partial charge in [-0.2, -0.15) is 0 Å². The number of allylic oxidation sites excluding steroid dienone is 2. The zero-order chi connectivity index (χ0) is 14.4.